The second-order valence-corrected chi connectivity index (χ2v) is 9.06. The van der Waals surface area contributed by atoms with E-state index < -0.39 is 10.0 Å². The molecule has 21 heavy (non-hydrogen) atoms. The van der Waals surface area contributed by atoms with Crippen molar-refractivity contribution in [1.82, 2.24) is 4.72 Å². The highest BCUT2D eigenvalue weighted by atomic mass is 32.2. The van der Waals surface area contributed by atoms with Crippen molar-refractivity contribution in [3.05, 3.63) is 23.3 Å². The lowest BCUT2D eigenvalue weighted by Crippen LogP contribution is -2.28. The first-order chi connectivity index (χ1) is 9.41. The Morgan fingerprint density at radius 1 is 1.10 bits per heavy atom. The fourth-order valence-corrected chi connectivity index (χ4v) is 4.40. The van der Waals surface area contributed by atoms with E-state index in [2.05, 4.69) is 32.4 Å². The van der Waals surface area contributed by atoms with Crippen molar-refractivity contribution in [2.24, 2.45) is 16.7 Å². The van der Waals surface area contributed by atoms with Crippen LogP contribution in [0.15, 0.2) is 17.0 Å². The molecule has 3 N–H and O–H groups in total. The van der Waals surface area contributed by atoms with E-state index in [0.717, 1.165) is 11.1 Å². The van der Waals surface area contributed by atoms with E-state index in [0.29, 0.717) is 18.2 Å². The minimum Gasteiger partial charge on any atom is -0.398 e. The van der Waals surface area contributed by atoms with Crippen molar-refractivity contribution in [2.45, 2.75) is 46.4 Å². The Labute approximate surface area is 128 Å². The maximum atomic E-state index is 12.5. The largest absolute Gasteiger partial charge is 0.398 e. The van der Waals surface area contributed by atoms with Gasteiger partial charge in [-0.15, -0.1) is 0 Å². The summed E-state index contributed by atoms with van der Waals surface area (Å²) in [4.78, 5) is 0.182. The molecule has 0 bridgehead atoms. The summed E-state index contributed by atoms with van der Waals surface area (Å²) in [5.74, 6) is 0.340. The molecule has 0 saturated heterocycles. The molecule has 0 amide bonds. The predicted octanol–water partition coefficient (Wildman–Crippen LogP) is 2.85. The Kier molecular flexibility index (Phi) is 3.66. The first kappa shape index (κ1) is 16.3. The molecule has 1 aromatic carbocycles. The lowest BCUT2D eigenvalue weighted by molar-refractivity contribution is 0.457. The summed E-state index contributed by atoms with van der Waals surface area (Å²) in [5.41, 5.74) is 8.43. The molecule has 1 fully saturated rings. The molecule has 118 valence electrons. The third-order valence-electron chi connectivity index (χ3n) is 5.71. The Morgan fingerprint density at radius 2 is 1.57 bits per heavy atom. The van der Waals surface area contributed by atoms with Crippen LogP contribution in [0, 0.1) is 30.6 Å². The van der Waals surface area contributed by atoms with Gasteiger partial charge in [-0.3, -0.25) is 0 Å². The molecule has 4 nitrogen and oxygen atoms in total. The van der Waals surface area contributed by atoms with Crippen LogP contribution in [-0.4, -0.2) is 15.0 Å². The predicted molar refractivity (Wildman–Crippen MR) is 86.6 cm³/mol. The molecule has 0 spiro atoms. The molecule has 0 atom stereocenters. The van der Waals surface area contributed by atoms with Crippen LogP contribution in [0.3, 0.4) is 0 Å². The van der Waals surface area contributed by atoms with Crippen molar-refractivity contribution in [3.8, 4) is 0 Å². The van der Waals surface area contributed by atoms with Gasteiger partial charge in [0.15, 0.2) is 0 Å². The first-order valence-electron chi connectivity index (χ1n) is 7.27. The van der Waals surface area contributed by atoms with Gasteiger partial charge < -0.3 is 5.73 Å². The summed E-state index contributed by atoms with van der Waals surface area (Å²) in [6, 6.07) is 3.37. The quantitative estimate of drug-likeness (QED) is 0.840. The molecule has 2 rings (SSSR count). The number of nitrogens with two attached hydrogens (primary N) is 1. The number of nitrogen functional groups attached to an aromatic ring is 1. The van der Waals surface area contributed by atoms with Gasteiger partial charge in [0, 0.05) is 6.54 Å². The van der Waals surface area contributed by atoms with Gasteiger partial charge in [0.25, 0.3) is 0 Å². The van der Waals surface area contributed by atoms with Crippen LogP contribution < -0.4 is 10.5 Å². The van der Waals surface area contributed by atoms with Gasteiger partial charge in [-0.2, -0.15) is 0 Å². The van der Waals surface area contributed by atoms with E-state index in [-0.39, 0.29) is 15.7 Å². The Hall–Kier alpha value is -1.07. The van der Waals surface area contributed by atoms with Gasteiger partial charge in [0.05, 0.1) is 5.69 Å². The number of nitrogens with one attached hydrogen (secondary N) is 1. The lowest BCUT2D eigenvalue weighted by Gasteiger charge is -2.12. The number of hydrogen-bond donors (Lipinski definition) is 2. The van der Waals surface area contributed by atoms with E-state index in [9.17, 15) is 8.42 Å². The summed E-state index contributed by atoms with van der Waals surface area (Å²) in [5, 5.41) is 0. The molecule has 1 aromatic rings. The van der Waals surface area contributed by atoms with Crippen molar-refractivity contribution in [1.29, 1.82) is 0 Å². The van der Waals surface area contributed by atoms with Gasteiger partial charge in [-0.25, -0.2) is 13.1 Å². The fraction of sp³-hybridized carbons (Fsp3) is 0.625. The topological polar surface area (TPSA) is 72.2 Å². The van der Waals surface area contributed by atoms with Crippen LogP contribution in [0.2, 0.25) is 0 Å². The van der Waals surface area contributed by atoms with Gasteiger partial charge in [0.2, 0.25) is 10.0 Å². The maximum Gasteiger partial charge on any atom is 0.242 e. The van der Waals surface area contributed by atoms with Crippen molar-refractivity contribution < 1.29 is 8.42 Å². The average Bonchev–Trinajstić information content (AvgIpc) is 2.71. The van der Waals surface area contributed by atoms with E-state index in [1.165, 1.54) is 0 Å². The normalized spacial score (nSPS) is 20.5. The second kappa shape index (κ2) is 4.71. The number of sulfonamides is 1. The summed E-state index contributed by atoms with van der Waals surface area (Å²) < 4.78 is 27.7. The van der Waals surface area contributed by atoms with Crippen LogP contribution in [0.25, 0.3) is 0 Å². The van der Waals surface area contributed by atoms with E-state index in [4.69, 9.17) is 5.73 Å². The molecule has 5 heteroatoms. The Morgan fingerprint density at radius 3 is 2.05 bits per heavy atom. The molecule has 1 aliphatic rings. The zero-order valence-corrected chi connectivity index (χ0v) is 14.6. The third-order valence-corrected chi connectivity index (χ3v) is 7.19. The number of aryl methyl sites for hydroxylation is 2. The minimum atomic E-state index is -3.56. The lowest BCUT2D eigenvalue weighted by atomic mass is 10.0. The Balaban J connectivity index is 2.19. The third kappa shape index (κ3) is 2.57. The highest BCUT2D eigenvalue weighted by Gasteiger charge is 2.64. The second-order valence-electron chi connectivity index (χ2n) is 7.32. The molecule has 1 aliphatic carbocycles. The number of benzene rings is 1. The molecule has 0 aliphatic heterocycles. The maximum absolute atomic E-state index is 12.5. The Bertz CT molecular complexity index is 662. The van der Waals surface area contributed by atoms with Crippen molar-refractivity contribution >= 4 is 15.7 Å². The van der Waals surface area contributed by atoms with Gasteiger partial charge in [-0.1, -0.05) is 27.7 Å². The van der Waals surface area contributed by atoms with Gasteiger partial charge >= 0.3 is 0 Å². The van der Waals surface area contributed by atoms with E-state index in [1.807, 2.05) is 13.8 Å². The number of rotatable bonds is 4. The molecule has 1 saturated carbocycles. The average molecular weight is 310 g/mol. The van der Waals surface area contributed by atoms with Crippen molar-refractivity contribution in [3.63, 3.8) is 0 Å². The number of hydrogen-bond acceptors (Lipinski definition) is 3. The molecule has 0 heterocycles. The molecule has 0 radical (unpaired) electrons. The minimum absolute atomic E-state index is 0.157. The summed E-state index contributed by atoms with van der Waals surface area (Å²) >= 11 is 0. The van der Waals surface area contributed by atoms with E-state index >= 15 is 0 Å². The highest BCUT2D eigenvalue weighted by molar-refractivity contribution is 7.89. The fourth-order valence-electron chi connectivity index (χ4n) is 3.16. The van der Waals surface area contributed by atoms with Crippen LogP contribution in [0.5, 0.6) is 0 Å². The molecular weight excluding hydrogens is 284 g/mol. The summed E-state index contributed by atoms with van der Waals surface area (Å²) in [6.07, 6.45) is 0. The van der Waals surface area contributed by atoms with Gasteiger partial charge in [0.1, 0.15) is 4.90 Å². The highest BCUT2D eigenvalue weighted by Crippen LogP contribution is 2.67. The summed E-state index contributed by atoms with van der Waals surface area (Å²) in [7, 11) is -3.56. The van der Waals surface area contributed by atoms with Crippen LogP contribution in [0.4, 0.5) is 5.69 Å². The smallest absolute Gasteiger partial charge is 0.242 e. The van der Waals surface area contributed by atoms with E-state index in [1.54, 1.807) is 12.1 Å². The molecule has 0 unspecified atom stereocenters. The van der Waals surface area contributed by atoms with Gasteiger partial charge in [-0.05, 0) is 53.9 Å². The first-order valence-corrected chi connectivity index (χ1v) is 8.76. The molecule has 0 aromatic heterocycles. The zero-order chi connectivity index (χ0) is 16.2. The standard InChI is InChI=1S/C16H26N2O2S/c1-10-7-12(17)13(8-11(10)2)21(19,20)18-9-14-15(3,4)16(14,5)6/h7-8,14,18H,9,17H2,1-6H3. The van der Waals surface area contributed by atoms with Crippen LogP contribution >= 0.6 is 0 Å². The summed E-state index contributed by atoms with van der Waals surface area (Å²) in [6.45, 7) is 13.0. The van der Waals surface area contributed by atoms with Crippen molar-refractivity contribution in [2.75, 3.05) is 12.3 Å². The SMILES string of the molecule is Cc1cc(N)c(S(=O)(=O)NCC2C(C)(C)C2(C)C)cc1C. The number of anilines is 1. The van der Waals surface area contributed by atoms with Crippen LogP contribution in [0.1, 0.15) is 38.8 Å². The molecular formula is C16H26N2O2S. The zero-order valence-electron chi connectivity index (χ0n) is 13.7. The monoisotopic (exact) mass is 310 g/mol. The van der Waals surface area contributed by atoms with Crippen LogP contribution in [-0.2, 0) is 10.0 Å².